The molecule has 2 aliphatic carbocycles. The SMILES string of the molecule is C[C@@H]1CCCCC1OC1CC1. The summed E-state index contributed by atoms with van der Waals surface area (Å²) in [4.78, 5) is 0. The molecular weight excluding hydrogens is 136 g/mol. The van der Waals surface area contributed by atoms with Crippen molar-refractivity contribution in [2.24, 2.45) is 5.92 Å². The van der Waals surface area contributed by atoms with E-state index >= 15 is 0 Å². The second kappa shape index (κ2) is 3.14. The maximum Gasteiger partial charge on any atom is 0.0604 e. The molecule has 0 saturated heterocycles. The maximum atomic E-state index is 5.91. The molecule has 11 heavy (non-hydrogen) atoms. The zero-order valence-corrected chi connectivity index (χ0v) is 7.38. The smallest absolute Gasteiger partial charge is 0.0604 e. The van der Waals surface area contributed by atoms with E-state index in [0.29, 0.717) is 12.2 Å². The van der Waals surface area contributed by atoms with Gasteiger partial charge in [0.1, 0.15) is 0 Å². The van der Waals surface area contributed by atoms with Crippen molar-refractivity contribution in [3.05, 3.63) is 0 Å². The van der Waals surface area contributed by atoms with Crippen LogP contribution in [-0.4, -0.2) is 12.2 Å². The molecule has 0 heterocycles. The van der Waals surface area contributed by atoms with E-state index in [9.17, 15) is 0 Å². The molecule has 1 unspecified atom stereocenters. The molecule has 1 heteroatoms. The zero-order valence-electron chi connectivity index (χ0n) is 7.38. The minimum absolute atomic E-state index is 0.608. The molecule has 2 saturated carbocycles. The van der Waals surface area contributed by atoms with Crippen LogP contribution in [-0.2, 0) is 4.74 Å². The Kier molecular flexibility index (Phi) is 2.17. The van der Waals surface area contributed by atoms with Crippen LogP contribution in [0.15, 0.2) is 0 Å². The molecule has 2 fully saturated rings. The van der Waals surface area contributed by atoms with E-state index in [0.717, 1.165) is 5.92 Å². The normalized spacial score (nSPS) is 39.0. The predicted octanol–water partition coefficient (Wildman–Crippen LogP) is 2.74. The molecule has 0 spiro atoms. The highest BCUT2D eigenvalue weighted by atomic mass is 16.5. The maximum absolute atomic E-state index is 5.91. The van der Waals surface area contributed by atoms with Crippen molar-refractivity contribution >= 4 is 0 Å². The summed E-state index contributed by atoms with van der Waals surface area (Å²) in [5.41, 5.74) is 0. The van der Waals surface area contributed by atoms with Crippen molar-refractivity contribution in [1.82, 2.24) is 0 Å². The van der Waals surface area contributed by atoms with E-state index in [2.05, 4.69) is 6.92 Å². The van der Waals surface area contributed by atoms with Gasteiger partial charge >= 0.3 is 0 Å². The summed E-state index contributed by atoms with van der Waals surface area (Å²) in [5, 5.41) is 0. The van der Waals surface area contributed by atoms with Gasteiger partial charge in [0.2, 0.25) is 0 Å². The fourth-order valence-electron chi connectivity index (χ4n) is 1.94. The van der Waals surface area contributed by atoms with Crippen LogP contribution in [0.25, 0.3) is 0 Å². The molecule has 64 valence electrons. The Labute approximate surface area is 69.1 Å². The van der Waals surface area contributed by atoms with E-state index in [1.165, 1.54) is 38.5 Å². The molecule has 0 N–H and O–H groups in total. The standard InChI is InChI=1S/C10H18O/c1-8-4-2-3-5-10(8)11-9-6-7-9/h8-10H,2-7H2,1H3/t8-,10?/m1/s1. The van der Waals surface area contributed by atoms with Crippen LogP contribution in [0.2, 0.25) is 0 Å². The Bertz CT molecular complexity index is 129. The summed E-state index contributed by atoms with van der Waals surface area (Å²) < 4.78 is 5.91. The average Bonchev–Trinajstić information content (AvgIpc) is 2.78. The lowest BCUT2D eigenvalue weighted by Crippen LogP contribution is -2.26. The van der Waals surface area contributed by atoms with Crippen LogP contribution in [0, 0.1) is 5.92 Å². The third kappa shape index (κ3) is 1.96. The fraction of sp³-hybridized carbons (Fsp3) is 1.00. The third-order valence-corrected chi connectivity index (χ3v) is 2.92. The molecular formula is C10H18O. The van der Waals surface area contributed by atoms with Gasteiger partial charge in [-0.1, -0.05) is 19.8 Å². The molecule has 1 nitrogen and oxygen atoms in total. The summed E-state index contributed by atoms with van der Waals surface area (Å²) >= 11 is 0. The first-order chi connectivity index (χ1) is 5.36. The second-order valence-electron chi connectivity index (χ2n) is 4.14. The minimum Gasteiger partial charge on any atom is -0.375 e. The van der Waals surface area contributed by atoms with Gasteiger partial charge in [-0.3, -0.25) is 0 Å². The Hall–Kier alpha value is -0.0400. The number of hydrogen-bond donors (Lipinski definition) is 0. The summed E-state index contributed by atoms with van der Waals surface area (Å²) in [6, 6.07) is 0. The van der Waals surface area contributed by atoms with Crippen LogP contribution in [0.3, 0.4) is 0 Å². The third-order valence-electron chi connectivity index (χ3n) is 2.92. The molecule has 0 bridgehead atoms. The van der Waals surface area contributed by atoms with Crippen LogP contribution in [0.1, 0.15) is 45.4 Å². The first-order valence-electron chi connectivity index (χ1n) is 5.02. The van der Waals surface area contributed by atoms with Gasteiger partial charge in [-0.25, -0.2) is 0 Å². The Morgan fingerprint density at radius 3 is 2.36 bits per heavy atom. The van der Waals surface area contributed by atoms with E-state index in [4.69, 9.17) is 4.74 Å². The molecule has 0 aromatic carbocycles. The molecule has 0 aromatic heterocycles. The lowest BCUT2D eigenvalue weighted by atomic mass is 9.88. The van der Waals surface area contributed by atoms with E-state index in [-0.39, 0.29) is 0 Å². The van der Waals surface area contributed by atoms with Crippen molar-refractivity contribution in [3.63, 3.8) is 0 Å². The summed E-state index contributed by atoms with van der Waals surface area (Å²) in [5.74, 6) is 0.823. The first-order valence-corrected chi connectivity index (χ1v) is 5.02. The van der Waals surface area contributed by atoms with E-state index in [1.54, 1.807) is 0 Å². The van der Waals surface area contributed by atoms with Crippen molar-refractivity contribution in [2.45, 2.75) is 57.7 Å². The molecule has 2 atom stereocenters. The van der Waals surface area contributed by atoms with E-state index < -0.39 is 0 Å². The van der Waals surface area contributed by atoms with Crippen molar-refractivity contribution < 1.29 is 4.74 Å². The minimum atomic E-state index is 0.608. The number of rotatable bonds is 2. The summed E-state index contributed by atoms with van der Waals surface area (Å²) in [7, 11) is 0. The lowest BCUT2D eigenvalue weighted by Gasteiger charge is -2.28. The Morgan fingerprint density at radius 2 is 1.73 bits per heavy atom. The fourth-order valence-corrected chi connectivity index (χ4v) is 1.94. The highest BCUT2D eigenvalue weighted by Gasteiger charge is 2.30. The predicted molar refractivity (Wildman–Crippen MR) is 45.5 cm³/mol. The molecule has 0 aromatic rings. The number of ether oxygens (including phenoxy) is 1. The van der Waals surface area contributed by atoms with Crippen molar-refractivity contribution in [3.8, 4) is 0 Å². The van der Waals surface area contributed by atoms with Crippen LogP contribution in [0.5, 0.6) is 0 Å². The largest absolute Gasteiger partial charge is 0.375 e. The quantitative estimate of drug-likeness (QED) is 0.594. The molecule has 2 aliphatic rings. The molecule has 0 aliphatic heterocycles. The highest BCUT2D eigenvalue weighted by molar-refractivity contribution is 4.79. The van der Waals surface area contributed by atoms with Gasteiger partial charge in [0.05, 0.1) is 12.2 Å². The van der Waals surface area contributed by atoms with Crippen LogP contribution < -0.4 is 0 Å². The van der Waals surface area contributed by atoms with Crippen LogP contribution in [0.4, 0.5) is 0 Å². The Morgan fingerprint density at radius 1 is 1.00 bits per heavy atom. The topological polar surface area (TPSA) is 9.23 Å². The van der Waals surface area contributed by atoms with Crippen molar-refractivity contribution in [1.29, 1.82) is 0 Å². The first kappa shape index (κ1) is 7.60. The van der Waals surface area contributed by atoms with Crippen molar-refractivity contribution in [2.75, 3.05) is 0 Å². The van der Waals surface area contributed by atoms with Gasteiger partial charge in [-0.05, 0) is 31.6 Å². The zero-order chi connectivity index (χ0) is 7.68. The average molecular weight is 154 g/mol. The second-order valence-corrected chi connectivity index (χ2v) is 4.14. The monoisotopic (exact) mass is 154 g/mol. The van der Waals surface area contributed by atoms with E-state index in [1.807, 2.05) is 0 Å². The molecule has 0 radical (unpaired) electrons. The lowest BCUT2D eigenvalue weighted by molar-refractivity contribution is -0.0156. The van der Waals surface area contributed by atoms with Gasteiger partial charge in [0.25, 0.3) is 0 Å². The van der Waals surface area contributed by atoms with Crippen LogP contribution >= 0.6 is 0 Å². The molecule has 0 amide bonds. The van der Waals surface area contributed by atoms with Gasteiger partial charge in [0.15, 0.2) is 0 Å². The highest BCUT2D eigenvalue weighted by Crippen LogP contribution is 2.32. The van der Waals surface area contributed by atoms with Gasteiger partial charge in [-0.15, -0.1) is 0 Å². The molecule has 2 rings (SSSR count). The summed E-state index contributed by atoms with van der Waals surface area (Å²) in [6.07, 6.45) is 9.42. The van der Waals surface area contributed by atoms with Gasteiger partial charge < -0.3 is 4.74 Å². The van der Waals surface area contributed by atoms with Gasteiger partial charge in [0, 0.05) is 0 Å². The van der Waals surface area contributed by atoms with Gasteiger partial charge in [-0.2, -0.15) is 0 Å². The number of hydrogen-bond acceptors (Lipinski definition) is 1. The Balaban J connectivity index is 1.78. The summed E-state index contributed by atoms with van der Waals surface area (Å²) in [6.45, 7) is 2.34.